The number of hydrogen-bond donors (Lipinski definition) is 1. The van der Waals surface area contributed by atoms with Crippen LogP contribution in [-0.4, -0.2) is 16.1 Å². The maximum Gasteiger partial charge on any atom is 1.00 e. The number of hydrogen-bond acceptors (Lipinski definition) is 3. The molecule has 1 aromatic heterocycles. The number of aromatic carboxylic acids is 1. The Bertz CT molecular complexity index is 939. The van der Waals surface area contributed by atoms with Gasteiger partial charge in [0.15, 0.2) is 0 Å². The van der Waals surface area contributed by atoms with E-state index in [4.69, 9.17) is 5.11 Å². The van der Waals surface area contributed by atoms with E-state index in [0.29, 0.717) is 5.03 Å². The van der Waals surface area contributed by atoms with E-state index in [2.05, 4.69) is 109 Å². The second-order valence-electron chi connectivity index (χ2n) is 6.16. The van der Waals surface area contributed by atoms with E-state index in [1.165, 1.54) is 34.2 Å². The number of nitrogens with zero attached hydrogens (tertiary/aromatic N) is 1. The van der Waals surface area contributed by atoms with Gasteiger partial charge in [0.05, 0.1) is 13.5 Å². The molecular weight excluding hydrogens is 594 g/mol. The molecule has 1 N–H and O–H groups in total. The fourth-order valence-electron chi connectivity index (χ4n) is 2.82. The Hall–Kier alpha value is -2.33. The van der Waals surface area contributed by atoms with E-state index < -0.39 is 13.9 Å². The summed E-state index contributed by atoms with van der Waals surface area (Å²) in [6, 6.07) is 35.4. The fourth-order valence-corrected chi connectivity index (χ4v) is 5.52. The quantitative estimate of drug-likeness (QED) is 0.216. The molecular formula is C24H20AuNO2PS+. The minimum Gasteiger partial charge on any atom is -0.760 e. The Morgan fingerprint density at radius 3 is 1.40 bits per heavy atom. The molecule has 0 saturated heterocycles. The summed E-state index contributed by atoms with van der Waals surface area (Å²) in [5.74, 6) is -0.984. The number of aromatic nitrogens is 1. The smallest absolute Gasteiger partial charge is 0.760 e. The van der Waals surface area contributed by atoms with Crippen LogP contribution in [0.1, 0.15) is 10.4 Å². The summed E-state index contributed by atoms with van der Waals surface area (Å²) < 4.78 is 0. The zero-order valence-corrected chi connectivity index (χ0v) is 19.9. The van der Waals surface area contributed by atoms with E-state index in [1.807, 2.05) is 0 Å². The Morgan fingerprint density at radius 2 is 1.10 bits per heavy atom. The van der Waals surface area contributed by atoms with Gasteiger partial charge in [-0.15, -0.1) is 0 Å². The van der Waals surface area contributed by atoms with Crippen LogP contribution in [0.3, 0.4) is 0 Å². The first-order valence-electron chi connectivity index (χ1n) is 9.05. The van der Waals surface area contributed by atoms with Gasteiger partial charge in [0.1, 0.15) is 15.9 Å². The van der Waals surface area contributed by atoms with Gasteiger partial charge in [-0.05, 0) is 42.5 Å². The number of carboxylic acid groups (broad SMARTS) is 1. The first-order valence-corrected chi connectivity index (χ1v) is 11.0. The molecule has 0 unspecified atom stereocenters. The molecule has 6 heteroatoms. The van der Waals surface area contributed by atoms with Crippen molar-refractivity contribution in [3.05, 3.63) is 115 Å². The predicted octanol–water partition coefficient (Wildman–Crippen LogP) is 3.86. The van der Waals surface area contributed by atoms with Gasteiger partial charge < -0.3 is 17.7 Å². The van der Waals surface area contributed by atoms with Crippen molar-refractivity contribution in [3.8, 4) is 0 Å². The minimum absolute atomic E-state index is 0. The van der Waals surface area contributed by atoms with Crippen molar-refractivity contribution >= 4 is 42.4 Å². The van der Waals surface area contributed by atoms with Gasteiger partial charge >= 0.3 is 28.3 Å². The third-order valence-corrected chi connectivity index (χ3v) is 7.14. The number of carboxylic acids is 1. The number of pyridine rings is 1. The molecule has 0 bridgehead atoms. The summed E-state index contributed by atoms with van der Waals surface area (Å²) in [5, 5.41) is 13.1. The predicted molar refractivity (Wildman–Crippen MR) is 123 cm³/mol. The van der Waals surface area contributed by atoms with E-state index in [-0.39, 0.29) is 27.9 Å². The summed E-state index contributed by atoms with van der Waals surface area (Å²) in [6.07, 6.45) is 1.24. The summed E-state index contributed by atoms with van der Waals surface area (Å²) in [6.45, 7) is 0. The largest absolute Gasteiger partial charge is 1.00 e. The van der Waals surface area contributed by atoms with E-state index >= 15 is 0 Å². The molecule has 0 atom stereocenters. The van der Waals surface area contributed by atoms with Crippen molar-refractivity contribution in [2.75, 3.05) is 0 Å². The van der Waals surface area contributed by atoms with Gasteiger partial charge in [-0.1, -0.05) is 65.7 Å². The number of benzene rings is 3. The molecule has 154 valence electrons. The Morgan fingerprint density at radius 1 is 0.700 bits per heavy atom. The number of carbonyl (C=O) groups is 1. The zero-order chi connectivity index (χ0) is 20.5. The van der Waals surface area contributed by atoms with Crippen LogP contribution < -0.4 is 15.9 Å². The SMILES string of the molecule is O=C(O)c1ccc([S-])nc1.[Au+].c1ccc([PH+](c2ccccc2)c2ccccc2)cc1. The molecule has 3 nitrogen and oxygen atoms in total. The molecule has 30 heavy (non-hydrogen) atoms. The first-order chi connectivity index (χ1) is 14.1. The van der Waals surface area contributed by atoms with Crippen molar-refractivity contribution in [2.24, 2.45) is 0 Å². The third kappa shape index (κ3) is 6.88. The molecule has 0 amide bonds. The Balaban J connectivity index is 0.000000249. The van der Waals surface area contributed by atoms with E-state index in [9.17, 15) is 4.79 Å². The van der Waals surface area contributed by atoms with Gasteiger partial charge in [0.25, 0.3) is 0 Å². The second-order valence-corrected chi connectivity index (χ2v) is 9.06. The molecule has 4 aromatic rings. The normalized spacial score (nSPS) is 9.77. The molecule has 3 aromatic carbocycles. The van der Waals surface area contributed by atoms with Crippen LogP contribution >= 0.6 is 7.92 Å². The zero-order valence-electron chi connectivity index (χ0n) is 15.9. The summed E-state index contributed by atoms with van der Waals surface area (Å²) >= 11 is 4.65. The molecule has 0 aliphatic heterocycles. The van der Waals surface area contributed by atoms with Crippen molar-refractivity contribution in [1.29, 1.82) is 0 Å². The average molecular weight is 614 g/mol. The first kappa shape index (κ1) is 23.9. The monoisotopic (exact) mass is 614 g/mol. The van der Waals surface area contributed by atoms with Crippen LogP contribution in [0.4, 0.5) is 0 Å². The molecule has 4 rings (SSSR count). The molecule has 0 saturated carbocycles. The van der Waals surface area contributed by atoms with Gasteiger partial charge in [-0.2, -0.15) is 0 Å². The van der Waals surface area contributed by atoms with Crippen molar-refractivity contribution in [1.82, 2.24) is 4.98 Å². The summed E-state index contributed by atoms with van der Waals surface area (Å²) in [7, 11) is -0.877. The van der Waals surface area contributed by atoms with E-state index in [1.54, 1.807) is 0 Å². The van der Waals surface area contributed by atoms with Crippen LogP contribution in [0.15, 0.2) is 114 Å². The molecule has 1 heterocycles. The van der Waals surface area contributed by atoms with Crippen LogP contribution in [0, 0.1) is 0 Å². The number of rotatable bonds is 4. The summed E-state index contributed by atoms with van der Waals surface area (Å²) in [4.78, 5) is 13.9. The third-order valence-electron chi connectivity index (χ3n) is 4.17. The molecule has 0 fully saturated rings. The standard InChI is InChI=1S/C18H15P.C6H5NO2S.Au/c1-4-10-16(11-5-1)19(17-12-6-2-7-13-17)18-14-8-3-9-15-18;8-6(9)4-1-2-5(10)7-3-4;/h1-15H;1-3H,(H,7,10)(H,8,9);/q;;+1. The molecule has 0 spiro atoms. The molecule has 0 aliphatic carbocycles. The van der Waals surface area contributed by atoms with Crippen molar-refractivity contribution in [2.45, 2.75) is 5.03 Å². The maximum atomic E-state index is 10.2. The topological polar surface area (TPSA) is 50.2 Å². The minimum atomic E-state index is -0.984. The van der Waals surface area contributed by atoms with Gasteiger partial charge in [0, 0.05) is 6.20 Å². The van der Waals surface area contributed by atoms with Gasteiger partial charge in [-0.25, -0.2) is 4.79 Å². The van der Waals surface area contributed by atoms with Crippen LogP contribution in [0.2, 0.25) is 0 Å². The summed E-state index contributed by atoms with van der Waals surface area (Å²) in [5.41, 5.74) is 0.161. The van der Waals surface area contributed by atoms with Gasteiger partial charge in [-0.3, -0.25) is 4.98 Å². The Kier molecular flexibility index (Phi) is 9.88. The molecule has 0 radical (unpaired) electrons. The van der Waals surface area contributed by atoms with Crippen LogP contribution in [0.25, 0.3) is 0 Å². The fraction of sp³-hybridized carbons (Fsp3) is 0. The van der Waals surface area contributed by atoms with Crippen molar-refractivity contribution < 1.29 is 32.3 Å². The van der Waals surface area contributed by atoms with Crippen LogP contribution in [-0.2, 0) is 35.0 Å². The maximum absolute atomic E-state index is 10.2. The molecule has 0 aliphatic rings. The van der Waals surface area contributed by atoms with E-state index in [0.717, 1.165) is 0 Å². The van der Waals surface area contributed by atoms with Crippen molar-refractivity contribution in [3.63, 3.8) is 0 Å². The average Bonchev–Trinajstić information content (AvgIpc) is 2.77. The van der Waals surface area contributed by atoms with Crippen LogP contribution in [0.5, 0.6) is 0 Å². The van der Waals surface area contributed by atoms with Gasteiger partial charge in [0.2, 0.25) is 0 Å². The Labute approximate surface area is 198 Å². The second kappa shape index (κ2) is 12.4.